The van der Waals surface area contributed by atoms with E-state index in [9.17, 15) is 0 Å². The molecule has 0 unspecified atom stereocenters. The van der Waals surface area contributed by atoms with E-state index in [1.165, 1.54) is 6.33 Å². The van der Waals surface area contributed by atoms with Crippen molar-refractivity contribution in [3.05, 3.63) is 48.8 Å². The minimum atomic E-state index is 0.709. The first-order chi connectivity index (χ1) is 11.8. The lowest BCUT2D eigenvalue weighted by atomic mass is 10.1. The molecule has 0 spiro atoms. The Kier molecular flexibility index (Phi) is 3.70. The molecule has 2 aromatic heterocycles. The van der Waals surface area contributed by atoms with Crippen LogP contribution in [0.25, 0.3) is 33.5 Å². The summed E-state index contributed by atoms with van der Waals surface area (Å²) in [6.45, 7) is 2.80. The highest BCUT2D eigenvalue weighted by Gasteiger charge is 2.11. The van der Waals surface area contributed by atoms with Gasteiger partial charge in [0.05, 0.1) is 12.1 Å². The Bertz CT molecular complexity index is 959. The second-order valence-electron chi connectivity index (χ2n) is 5.54. The van der Waals surface area contributed by atoms with Gasteiger partial charge in [0.1, 0.15) is 17.8 Å². The van der Waals surface area contributed by atoms with Crippen LogP contribution in [0.15, 0.2) is 48.8 Å². The number of rotatable bonds is 5. The first-order valence-corrected chi connectivity index (χ1v) is 7.92. The van der Waals surface area contributed by atoms with E-state index >= 15 is 0 Å². The summed E-state index contributed by atoms with van der Waals surface area (Å²) in [5.41, 5.74) is 3.87. The molecule has 120 valence electrons. The van der Waals surface area contributed by atoms with Gasteiger partial charge in [-0.1, -0.05) is 19.1 Å². The van der Waals surface area contributed by atoms with Crippen LogP contribution in [0.3, 0.4) is 0 Å². The standard InChI is InChI=1S/C18H17N5O/c1-2-8-24-14-5-3-4-12(9-14)17-15-10-13(18-19-11-20-23-18)6-7-16(15)21-22-17/h3-7,9-11H,2,8H2,1H3,(H,21,22)(H,19,20,23). The highest BCUT2D eigenvalue weighted by atomic mass is 16.5. The number of fused-ring (bicyclic) bond motifs is 1. The highest BCUT2D eigenvalue weighted by Crippen LogP contribution is 2.31. The smallest absolute Gasteiger partial charge is 0.155 e. The average molecular weight is 319 g/mol. The van der Waals surface area contributed by atoms with Crippen molar-refractivity contribution >= 4 is 10.9 Å². The number of aromatic nitrogens is 5. The number of benzene rings is 2. The fraction of sp³-hybridized carbons (Fsp3) is 0.167. The molecule has 24 heavy (non-hydrogen) atoms. The predicted octanol–water partition coefficient (Wildman–Crippen LogP) is 3.80. The van der Waals surface area contributed by atoms with Crippen molar-refractivity contribution in [1.82, 2.24) is 25.4 Å². The second-order valence-corrected chi connectivity index (χ2v) is 5.54. The number of H-pyrrole nitrogens is 2. The molecule has 6 nitrogen and oxygen atoms in total. The minimum absolute atomic E-state index is 0.709. The molecule has 2 aromatic carbocycles. The lowest BCUT2D eigenvalue weighted by Crippen LogP contribution is -1.94. The van der Waals surface area contributed by atoms with E-state index in [2.05, 4.69) is 38.4 Å². The van der Waals surface area contributed by atoms with E-state index in [-0.39, 0.29) is 0 Å². The van der Waals surface area contributed by atoms with Crippen LogP contribution in [0.4, 0.5) is 0 Å². The van der Waals surface area contributed by atoms with Crippen molar-refractivity contribution in [3.63, 3.8) is 0 Å². The molecule has 0 aliphatic heterocycles. The molecule has 0 bridgehead atoms. The molecule has 4 aromatic rings. The van der Waals surface area contributed by atoms with Crippen LogP contribution >= 0.6 is 0 Å². The largest absolute Gasteiger partial charge is 0.494 e. The van der Waals surface area contributed by atoms with Crippen LogP contribution in [0.2, 0.25) is 0 Å². The van der Waals surface area contributed by atoms with E-state index in [0.717, 1.165) is 45.7 Å². The van der Waals surface area contributed by atoms with Crippen molar-refractivity contribution in [2.75, 3.05) is 6.61 Å². The average Bonchev–Trinajstić information content (AvgIpc) is 3.29. The maximum Gasteiger partial charge on any atom is 0.155 e. The Morgan fingerprint density at radius 3 is 2.83 bits per heavy atom. The van der Waals surface area contributed by atoms with Crippen molar-refractivity contribution in [2.24, 2.45) is 0 Å². The van der Waals surface area contributed by atoms with Gasteiger partial charge in [0.2, 0.25) is 0 Å². The number of ether oxygens (including phenoxy) is 1. The molecular formula is C18H17N5O. The topological polar surface area (TPSA) is 79.5 Å². The molecule has 4 rings (SSSR count). The fourth-order valence-corrected chi connectivity index (χ4v) is 2.68. The van der Waals surface area contributed by atoms with Crippen molar-refractivity contribution in [3.8, 4) is 28.4 Å². The molecule has 0 aliphatic carbocycles. The quantitative estimate of drug-likeness (QED) is 0.586. The highest BCUT2D eigenvalue weighted by molar-refractivity contribution is 5.95. The summed E-state index contributed by atoms with van der Waals surface area (Å²) >= 11 is 0. The van der Waals surface area contributed by atoms with E-state index < -0.39 is 0 Å². The van der Waals surface area contributed by atoms with Gasteiger partial charge in [-0.05, 0) is 36.8 Å². The van der Waals surface area contributed by atoms with Crippen LogP contribution in [0, 0.1) is 0 Å². The van der Waals surface area contributed by atoms with Crippen LogP contribution in [-0.2, 0) is 0 Å². The van der Waals surface area contributed by atoms with Crippen molar-refractivity contribution in [1.29, 1.82) is 0 Å². The number of nitrogens with one attached hydrogen (secondary N) is 2. The summed E-state index contributed by atoms with van der Waals surface area (Å²) in [4.78, 5) is 4.21. The van der Waals surface area contributed by atoms with Crippen LogP contribution in [-0.4, -0.2) is 32.0 Å². The van der Waals surface area contributed by atoms with Crippen LogP contribution in [0.1, 0.15) is 13.3 Å². The summed E-state index contributed by atoms with van der Waals surface area (Å²) in [5, 5.41) is 15.4. The molecule has 2 N–H and O–H groups in total. The lowest BCUT2D eigenvalue weighted by molar-refractivity contribution is 0.317. The fourth-order valence-electron chi connectivity index (χ4n) is 2.68. The maximum atomic E-state index is 5.73. The number of aromatic amines is 2. The molecule has 0 amide bonds. The summed E-state index contributed by atoms with van der Waals surface area (Å²) in [7, 11) is 0. The molecule has 0 fully saturated rings. The molecule has 0 radical (unpaired) electrons. The molecule has 0 aliphatic rings. The molecule has 6 heteroatoms. The third kappa shape index (κ3) is 2.62. The van der Waals surface area contributed by atoms with Gasteiger partial charge in [-0.15, -0.1) is 0 Å². The third-order valence-corrected chi connectivity index (χ3v) is 3.83. The zero-order valence-corrected chi connectivity index (χ0v) is 13.3. The van der Waals surface area contributed by atoms with Crippen LogP contribution < -0.4 is 4.74 Å². The van der Waals surface area contributed by atoms with E-state index in [4.69, 9.17) is 4.74 Å². The van der Waals surface area contributed by atoms with Gasteiger partial charge in [0, 0.05) is 16.5 Å². The minimum Gasteiger partial charge on any atom is -0.494 e. The van der Waals surface area contributed by atoms with Gasteiger partial charge in [-0.3, -0.25) is 10.2 Å². The second kappa shape index (κ2) is 6.16. The Morgan fingerprint density at radius 2 is 2.00 bits per heavy atom. The normalized spacial score (nSPS) is 11.0. The monoisotopic (exact) mass is 319 g/mol. The molecule has 0 atom stereocenters. The summed E-state index contributed by atoms with van der Waals surface area (Å²) in [6, 6.07) is 14.1. The van der Waals surface area contributed by atoms with Gasteiger partial charge in [-0.2, -0.15) is 10.2 Å². The number of hydrogen-bond acceptors (Lipinski definition) is 4. The summed E-state index contributed by atoms with van der Waals surface area (Å²) < 4.78 is 5.73. The molecule has 0 saturated carbocycles. The van der Waals surface area contributed by atoms with E-state index in [1.54, 1.807) is 0 Å². The van der Waals surface area contributed by atoms with Gasteiger partial charge in [-0.25, -0.2) is 4.98 Å². The summed E-state index contributed by atoms with van der Waals surface area (Å²) in [6.07, 6.45) is 2.49. The molecule has 2 heterocycles. The number of hydrogen-bond donors (Lipinski definition) is 2. The van der Waals surface area contributed by atoms with E-state index in [0.29, 0.717) is 6.61 Å². The number of nitrogens with zero attached hydrogens (tertiary/aromatic N) is 3. The van der Waals surface area contributed by atoms with Gasteiger partial charge < -0.3 is 4.74 Å². The van der Waals surface area contributed by atoms with Gasteiger partial charge in [0.15, 0.2) is 5.82 Å². The summed E-state index contributed by atoms with van der Waals surface area (Å²) in [5.74, 6) is 1.60. The SMILES string of the molecule is CCCOc1cccc(-c2n[nH]c3ccc(-c4ncn[nH]4)cc23)c1. The lowest BCUT2D eigenvalue weighted by Gasteiger charge is -2.06. The molecular weight excluding hydrogens is 302 g/mol. The Labute approximate surface area is 138 Å². The van der Waals surface area contributed by atoms with Gasteiger partial charge in [0.25, 0.3) is 0 Å². The Hall–Kier alpha value is -3.15. The Morgan fingerprint density at radius 1 is 1.04 bits per heavy atom. The van der Waals surface area contributed by atoms with Crippen LogP contribution in [0.5, 0.6) is 5.75 Å². The predicted molar refractivity (Wildman–Crippen MR) is 92.7 cm³/mol. The van der Waals surface area contributed by atoms with Crippen molar-refractivity contribution < 1.29 is 4.74 Å². The van der Waals surface area contributed by atoms with Crippen molar-refractivity contribution in [2.45, 2.75) is 13.3 Å². The van der Waals surface area contributed by atoms with Gasteiger partial charge >= 0.3 is 0 Å². The first-order valence-electron chi connectivity index (χ1n) is 7.92. The Balaban J connectivity index is 1.78. The third-order valence-electron chi connectivity index (χ3n) is 3.83. The zero-order valence-electron chi connectivity index (χ0n) is 13.3. The first kappa shape index (κ1) is 14.4. The van der Waals surface area contributed by atoms with E-state index in [1.807, 2.05) is 36.4 Å². The molecule has 0 saturated heterocycles. The zero-order chi connectivity index (χ0) is 16.4. The maximum absolute atomic E-state index is 5.73.